The summed E-state index contributed by atoms with van der Waals surface area (Å²) in [7, 11) is 0. The van der Waals surface area contributed by atoms with Crippen LogP contribution >= 0.6 is 11.3 Å². The molecule has 0 atom stereocenters. The Bertz CT molecular complexity index is 629. The molecule has 0 unspecified atom stereocenters. The molecule has 3 nitrogen and oxygen atoms in total. The van der Waals surface area contributed by atoms with Crippen molar-refractivity contribution in [3.05, 3.63) is 51.7 Å². The molecule has 0 bridgehead atoms. The summed E-state index contributed by atoms with van der Waals surface area (Å²) >= 11 is 1.59. The van der Waals surface area contributed by atoms with Crippen LogP contribution in [-0.4, -0.2) is 11.0 Å². The van der Waals surface area contributed by atoms with E-state index in [1.54, 1.807) is 29.5 Å². The van der Waals surface area contributed by atoms with Crippen LogP contribution in [0.5, 0.6) is 5.75 Å². The summed E-state index contributed by atoms with van der Waals surface area (Å²) in [6.07, 6.45) is 3.25. The van der Waals surface area contributed by atoms with Crippen molar-refractivity contribution in [2.24, 2.45) is 0 Å². The minimum atomic E-state index is -0.257. The molecular weight excluding hydrogens is 258 g/mol. The van der Waals surface area contributed by atoms with Gasteiger partial charge in [0.2, 0.25) is 5.91 Å². The van der Waals surface area contributed by atoms with Gasteiger partial charge in [-0.05, 0) is 54.6 Å². The third-order valence-corrected chi connectivity index (χ3v) is 3.68. The number of phenols is 1. The standard InChI is InChI=1S/C15H15NO2S/c1-10-3-4-12(13(17)9-10)16-15(18)6-5-14-11(2)7-8-19-14/h3-9,17H,1-2H3,(H,16,18)/b6-5+. The molecular formula is C15H15NO2S. The maximum atomic E-state index is 11.8. The number of phenolic OH excluding ortho intramolecular Hbond substituents is 1. The molecule has 1 amide bonds. The van der Waals surface area contributed by atoms with Gasteiger partial charge < -0.3 is 10.4 Å². The molecule has 2 aromatic rings. The van der Waals surface area contributed by atoms with Gasteiger partial charge in [0.15, 0.2) is 0 Å². The number of aromatic hydroxyl groups is 1. The molecule has 1 heterocycles. The summed E-state index contributed by atoms with van der Waals surface area (Å²) in [6.45, 7) is 3.88. The van der Waals surface area contributed by atoms with Gasteiger partial charge in [0.05, 0.1) is 5.69 Å². The number of amides is 1. The third-order valence-electron chi connectivity index (χ3n) is 2.70. The summed E-state index contributed by atoms with van der Waals surface area (Å²) in [5.41, 5.74) is 2.51. The average Bonchev–Trinajstić information content (AvgIpc) is 2.76. The molecule has 4 heteroatoms. The van der Waals surface area contributed by atoms with Crippen molar-refractivity contribution in [1.29, 1.82) is 0 Å². The lowest BCUT2D eigenvalue weighted by Gasteiger charge is -2.05. The predicted octanol–water partition coefficient (Wildman–Crippen LogP) is 3.72. The Labute approximate surface area is 116 Å². The average molecular weight is 273 g/mol. The first-order valence-corrected chi connectivity index (χ1v) is 6.77. The number of nitrogens with one attached hydrogen (secondary N) is 1. The quantitative estimate of drug-likeness (QED) is 0.661. The number of carbonyl (C=O) groups is 1. The van der Waals surface area contributed by atoms with Gasteiger partial charge in [0.1, 0.15) is 5.75 Å². The molecule has 2 rings (SSSR count). The van der Waals surface area contributed by atoms with Gasteiger partial charge in [-0.2, -0.15) is 0 Å². The highest BCUT2D eigenvalue weighted by Crippen LogP contribution is 2.24. The van der Waals surface area contributed by atoms with Crippen LogP contribution in [0.25, 0.3) is 6.08 Å². The van der Waals surface area contributed by atoms with E-state index < -0.39 is 0 Å². The molecule has 0 saturated heterocycles. The van der Waals surface area contributed by atoms with Crippen LogP contribution in [0.1, 0.15) is 16.0 Å². The summed E-state index contributed by atoms with van der Waals surface area (Å²) in [5, 5.41) is 14.3. The highest BCUT2D eigenvalue weighted by molar-refractivity contribution is 7.11. The number of benzene rings is 1. The lowest BCUT2D eigenvalue weighted by atomic mass is 10.2. The van der Waals surface area contributed by atoms with Gasteiger partial charge in [-0.3, -0.25) is 4.79 Å². The third kappa shape index (κ3) is 3.45. The minimum absolute atomic E-state index is 0.0778. The van der Waals surface area contributed by atoms with Gasteiger partial charge in [0, 0.05) is 11.0 Å². The summed E-state index contributed by atoms with van der Waals surface area (Å²) in [5.74, 6) is -0.180. The fraction of sp³-hybridized carbons (Fsp3) is 0.133. The second kappa shape index (κ2) is 5.71. The Hall–Kier alpha value is -2.07. The maximum Gasteiger partial charge on any atom is 0.248 e. The van der Waals surface area contributed by atoms with Crippen molar-refractivity contribution < 1.29 is 9.90 Å². The van der Waals surface area contributed by atoms with Crippen LogP contribution < -0.4 is 5.32 Å². The first-order valence-electron chi connectivity index (χ1n) is 5.89. The lowest BCUT2D eigenvalue weighted by Crippen LogP contribution is -2.07. The summed E-state index contributed by atoms with van der Waals surface area (Å²) in [6, 6.07) is 7.14. The molecule has 0 fully saturated rings. The van der Waals surface area contributed by atoms with E-state index in [9.17, 15) is 9.90 Å². The van der Waals surface area contributed by atoms with Crippen LogP contribution in [0.3, 0.4) is 0 Å². The summed E-state index contributed by atoms with van der Waals surface area (Å²) in [4.78, 5) is 12.8. The van der Waals surface area contributed by atoms with Crippen molar-refractivity contribution in [3.8, 4) is 5.75 Å². The number of rotatable bonds is 3. The minimum Gasteiger partial charge on any atom is -0.506 e. The Morgan fingerprint density at radius 2 is 2.11 bits per heavy atom. The van der Waals surface area contributed by atoms with E-state index >= 15 is 0 Å². The van der Waals surface area contributed by atoms with Crippen molar-refractivity contribution >= 4 is 29.0 Å². The predicted molar refractivity (Wildman–Crippen MR) is 79.6 cm³/mol. The van der Waals surface area contributed by atoms with Crippen molar-refractivity contribution in [3.63, 3.8) is 0 Å². The number of thiophene rings is 1. The number of anilines is 1. The molecule has 1 aromatic carbocycles. The fourth-order valence-corrected chi connectivity index (χ4v) is 2.45. The maximum absolute atomic E-state index is 11.8. The van der Waals surface area contributed by atoms with E-state index in [0.29, 0.717) is 5.69 Å². The zero-order valence-electron chi connectivity index (χ0n) is 10.8. The van der Waals surface area contributed by atoms with Crippen LogP contribution in [0.4, 0.5) is 5.69 Å². The molecule has 19 heavy (non-hydrogen) atoms. The first kappa shape index (κ1) is 13.4. The largest absolute Gasteiger partial charge is 0.506 e. The fourth-order valence-electron chi connectivity index (χ4n) is 1.63. The highest BCUT2D eigenvalue weighted by Gasteiger charge is 2.04. The Morgan fingerprint density at radius 3 is 2.74 bits per heavy atom. The number of hydrogen-bond acceptors (Lipinski definition) is 3. The number of carbonyl (C=O) groups excluding carboxylic acids is 1. The number of hydrogen-bond donors (Lipinski definition) is 2. The number of aryl methyl sites for hydroxylation is 2. The normalized spacial score (nSPS) is 10.8. The van der Waals surface area contributed by atoms with Crippen molar-refractivity contribution in [1.82, 2.24) is 0 Å². The van der Waals surface area contributed by atoms with E-state index in [1.165, 1.54) is 6.08 Å². The van der Waals surface area contributed by atoms with E-state index in [-0.39, 0.29) is 11.7 Å². The molecule has 0 aliphatic heterocycles. The van der Waals surface area contributed by atoms with Gasteiger partial charge in [-0.15, -0.1) is 11.3 Å². The van der Waals surface area contributed by atoms with E-state index in [2.05, 4.69) is 5.32 Å². The Kier molecular flexibility index (Phi) is 4.02. The van der Waals surface area contributed by atoms with Crippen LogP contribution in [0, 0.1) is 13.8 Å². The molecule has 0 radical (unpaired) electrons. The van der Waals surface area contributed by atoms with Gasteiger partial charge in [-0.1, -0.05) is 6.07 Å². The van der Waals surface area contributed by atoms with E-state index in [4.69, 9.17) is 0 Å². The highest BCUT2D eigenvalue weighted by atomic mass is 32.1. The monoisotopic (exact) mass is 273 g/mol. The molecule has 0 aliphatic rings. The molecule has 0 saturated carbocycles. The Balaban J connectivity index is 2.05. The molecule has 0 spiro atoms. The zero-order chi connectivity index (χ0) is 13.8. The van der Waals surface area contributed by atoms with Crippen LogP contribution in [-0.2, 0) is 4.79 Å². The molecule has 0 aliphatic carbocycles. The molecule has 1 aromatic heterocycles. The van der Waals surface area contributed by atoms with E-state index in [1.807, 2.05) is 31.4 Å². The first-order chi connectivity index (χ1) is 9.06. The zero-order valence-corrected chi connectivity index (χ0v) is 11.6. The van der Waals surface area contributed by atoms with Gasteiger partial charge in [0.25, 0.3) is 0 Å². The van der Waals surface area contributed by atoms with Crippen LogP contribution in [0.15, 0.2) is 35.7 Å². The van der Waals surface area contributed by atoms with Gasteiger partial charge in [-0.25, -0.2) is 0 Å². The van der Waals surface area contributed by atoms with Gasteiger partial charge >= 0.3 is 0 Å². The van der Waals surface area contributed by atoms with Crippen molar-refractivity contribution in [2.75, 3.05) is 5.32 Å². The van der Waals surface area contributed by atoms with Crippen LogP contribution in [0.2, 0.25) is 0 Å². The summed E-state index contributed by atoms with van der Waals surface area (Å²) < 4.78 is 0. The second-order valence-electron chi connectivity index (χ2n) is 4.31. The lowest BCUT2D eigenvalue weighted by molar-refractivity contribution is -0.111. The topological polar surface area (TPSA) is 49.3 Å². The Morgan fingerprint density at radius 1 is 1.32 bits per heavy atom. The SMILES string of the molecule is Cc1ccc(NC(=O)/C=C/c2sccc2C)c(O)c1. The molecule has 2 N–H and O–H groups in total. The molecule has 98 valence electrons. The second-order valence-corrected chi connectivity index (χ2v) is 5.26. The smallest absolute Gasteiger partial charge is 0.248 e. The van der Waals surface area contributed by atoms with E-state index in [0.717, 1.165) is 16.0 Å². The van der Waals surface area contributed by atoms with Crippen molar-refractivity contribution in [2.45, 2.75) is 13.8 Å².